The van der Waals surface area contributed by atoms with E-state index in [1.165, 1.54) is 54.6 Å². The Bertz CT molecular complexity index is 616. The zero-order valence-corrected chi connectivity index (χ0v) is 11.2. The Kier molecular flexibility index (Phi) is 2.64. The number of nitrogens with one attached hydrogen (secondary N) is 1. The predicted octanol–water partition coefficient (Wildman–Crippen LogP) is 2.40. The molecule has 3 nitrogen and oxygen atoms in total. The van der Waals surface area contributed by atoms with Crippen LogP contribution in [0.1, 0.15) is 35.6 Å². The molecule has 19 heavy (non-hydrogen) atoms. The van der Waals surface area contributed by atoms with Crippen LogP contribution in [0.4, 0.5) is 0 Å². The third kappa shape index (κ3) is 1.80. The topological polar surface area (TPSA) is 39.3 Å². The van der Waals surface area contributed by atoms with Crippen molar-refractivity contribution in [3.8, 4) is 0 Å². The van der Waals surface area contributed by atoms with E-state index in [0.717, 1.165) is 12.0 Å². The van der Waals surface area contributed by atoms with E-state index >= 15 is 0 Å². The lowest BCUT2D eigenvalue weighted by molar-refractivity contribution is 0.217. The molecule has 100 valence electrons. The van der Waals surface area contributed by atoms with Gasteiger partial charge >= 0.3 is 0 Å². The van der Waals surface area contributed by atoms with Gasteiger partial charge in [-0.2, -0.15) is 0 Å². The van der Waals surface area contributed by atoms with Gasteiger partial charge in [-0.05, 0) is 49.1 Å². The highest BCUT2D eigenvalue weighted by Crippen LogP contribution is 2.36. The normalized spacial score (nSPS) is 26.2. The number of fused-ring (bicyclic) bond motifs is 6. The summed E-state index contributed by atoms with van der Waals surface area (Å²) >= 11 is 0. The summed E-state index contributed by atoms with van der Waals surface area (Å²) < 4.78 is 0. The van der Waals surface area contributed by atoms with Crippen molar-refractivity contribution in [2.45, 2.75) is 31.8 Å². The molecule has 2 aliphatic heterocycles. The minimum atomic E-state index is 0.130. The summed E-state index contributed by atoms with van der Waals surface area (Å²) in [4.78, 5) is 6.26. The van der Waals surface area contributed by atoms with Crippen LogP contribution in [0.25, 0.3) is 10.9 Å². The number of hydrogen-bond acceptors (Lipinski definition) is 2. The average molecular weight is 256 g/mol. The molecular formula is C16H20N2O. The smallest absolute Gasteiger partial charge is 0.0682 e. The Balaban J connectivity index is 1.88. The quantitative estimate of drug-likeness (QED) is 0.822. The molecule has 1 aromatic heterocycles. The standard InChI is InChI=1S/C16H20N2O/c19-10-11-3-4-15-14(8-11)13-5-7-18-6-1-2-12(9-18)16(13)17-15/h3-4,8,12,17,19H,1-2,5-7,9-10H2. The lowest BCUT2D eigenvalue weighted by Crippen LogP contribution is -2.33. The molecule has 0 aliphatic carbocycles. The Hall–Kier alpha value is -1.32. The zero-order chi connectivity index (χ0) is 12.8. The van der Waals surface area contributed by atoms with Crippen molar-refractivity contribution in [3.63, 3.8) is 0 Å². The first-order valence-electron chi connectivity index (χ1n) is 7.32. The summed E-state index contributed by atoms with van der Waals surface area (Å²) in [6, 6.07) is 6.30. The van der Waals surface area contributed by atoms with E-state index in [-0.39, 0.29) is 6.61 Å². The van der Waals surface area contributed by atoms with Crippen LogP contribution in [0.5, 0.6) is 0 Å². The molecule has 3 heterocycles. The van der Waals surface area contributed by atoms with Crippen LogP contribution in [-0.4, -0.2) is 34.6 Å². The monoisotopic (exact) mass is 256 g/mol. The largest absolute Gasteiger partial charge is 0.392 e. The molecule has 1 aromatic carbocycles. The van der Waals surface area contributed by atoms with Gasteiger partial charge in [-0.1, -0.05) is 6.07 Å². The molecule has 0 spiro atoms. The number of benzene rings is 1. The van der Waals surface area contributed by atoms with Gasteiger partial charge in [-0.15, -0.1) is 0 Å². The molecule has 1 saturated heterocycles. The van der Waals surface area contributed by atoms with E-state index in [2.05, 4.69) is 22.0 Å². The summed E-state index contributed by atoms with van der Waals surface area (Å²) in [6.45, 7) is 3.79. The molecule has 2 N–H and O–H groups in total. The molecule has 4 rings (SSSR count). The number of aromatic amines is 1. The van der Waals surface area contributed by atoms with E-state index < -0.39 is 0 Å². The lowest BCUT2D eigenvalue weighted by atomic mass is 9.93. The molecule has 2 aliphatic rings. The second-order valence-corrected chi connectivity index (χ2v) is 5.95. The highest BCUT2D eigenvalue weighted by atomic mass is 16.3. The van der Waals surface area contributed by atoms with Crippen LogP contribution in [0.2, 0.25) is 0 Å². The Morgan fingerprint density at radius 2 is 2.26 bits per heavy atom. The van der Waals surface area contributed by atoms with Crippen molar-refractivity contribution < 1.29 is 5.11 Å². The molecule has 2 atom stereocenters. The molecule has 3 heteroatoms. The van der Waals surface area contributed by atoms with Gasteiger partial charge in [0, 0.05) is 35.6 Å². The fourth-order valence-electron chi connectivity index (χ4n) is 3.80. The van der Waals surface area contributed by atoms with E-state index in [1.54, 1.807) is 0 Å². The molecule has 2 unspecified atom stereocenters. The van der Waals surface area contributed by atoms with Crippen molar-refractivity contribution in [3.05, 3.63) is 35.0 Å². The summed E-state index contributed by atoms with van der Waals surface area (Å²) in [5.41, 5.74) is 5.22. The first-order chi connectivity index (χ1) is 9.35. The summed E-state index contributed by atoms with van der Waals surface area (Å²) in [5.74, 6) is 0.677. The number of aromatic nitrogens is 1. The van der Waals surface area contributed by atoms with Gasteiger partial charge in [0.1, 0.15) is 0 Å². The van der Waals surface area contributed by atoms with Crippen LogP contribution in [0.15, 0.2) is 18.2 Å². The average Bonchev–Trinajstić information content (AvgIpc) is 2.77. The lowest BCUT2D eigenvalue weighted by Gasteiger charge is -2.29. The van der Waals surface area contributed by atoms with Crippen molar-refractivity contribution in [1.82, 2.24) is 9.88 Å². The second-order valence-electron chi connectivity index (χ2n) is 5.95. The number of nitrogens with zero attached hydrogens (tertiary/aromatic N) is 1. The molecule has 0 saturated carbocycles. The second kappa shape index (κ2) is 4.36. The Morgan fingerprint density at radius 1 is 1.32 bits per heavy atom. The fraction of sp³-hybridized carbons (Fsp3) is 0.500. The Labute approximate surface area is 113 Å². The van der Waals surface area contributed by atoms with Gasteiger partial charge in [0.15, 0.2) is 0 Å². The number of hydrogen-bond donors (Lipinski definition) is 2. The predicted molar refractivity (Wildman–Crippen MR) is 76.3 cm³/mol. The van der Waals surface area contributed by atoms with Crippen LogP contribution < -0.4 is 0 Å². The van der Waals surface area contributed by atoms with Gasteiger partial charge < -0.3 is 15.0 Å². The summed E-state index contributed by atoms with van der Waals surface area (Å²) in [6.07, 6.45) is 3.77. The van der Waals surface area contributed by atoms with Gasteiger partial charge in [-0.25, -0.2) is 0 Å². The van der Waals surface area contributed by atoms with Crippen LogP contribution in [0, 0.1) is 0 Å². The Morgan fingerprint density at radius 3 is 3.16 bits per heavy atom. The molecule has 2 aromatic rings. The number of piperidine rings is 1. The maximum absolute atomic E-state index is 9.33. The molecule has 0 amide bonds. The molecule has 0 radical (unpaired) electrons. The number of aliphatic hydroxyl groups excluding tert-OH is 1. The van der Waals surface area contributed by atoms with Crippen LogP contribution >= 0.6 is 0 Å². The van der Waals surface area contributed by atoms with Crippen molar-refractivity contribution in [2.24, 2.45) is 0 Å². The summed E-state index contributed by atoms with van der Waals surface area (Å²) in [5, 5.41) is 10.7. The van der Waals surface area contributed by atoms with Gasteiger partial charge in [0.25, 0.3) is 0 Å². The van der Waals surface area contributed by atoms with E-state index in [0.29, 0.717) is 5.92 Å². The maximum atomic E-state index is 9.33. The zero-order valence-electron chi connectivity index (χ0n) is 11.2. The van der Waals surface area contributed by atoms with Gasteiger partial charge in [0.05, 0.1) is 6.61 Å². The third-order valence-corrected chi connectivity index (χ3v) is 4.78. The third-order valence-electron chi connectivity index (χ3n) is 4.78. The fourth-order valence-corrected chi connectivity index (χ4v) is 3.80. The maximum Gasteiger partial charge on any atom is 0.0682 e. The van der Waals surface area contributed by atoms with Gasteiger partial charge in [0.2, 0.25) is 0 Å². The minimum absolute atomic E-state index is 0.130. The van der Waals surface area contributed by atoms with E-state index in [9.17, 15) is 5.11 Å². The van der Waals surface area contributed by atoms with Crippen molar-refractivity contribution in [1.29, 1.82) is 0 Å². The van der Waals surface area contributed by atoms with Crippen molar-refractivity contribution in [2.75, 3.05) is 19.6 Å². The van der Waals surface area contributed by atoms with E-state index in [1.807, 2.05) is 6.07 Å². The number of H-pyrrole nitrogens is 1. The molecule has 2 bridgehead atoms. The van der Waals surface area contributed by atoms with Gasteiger partial charge in [-0.3, -0.25) is 0 Å². The highest BCUT2D eigenvalue weighted by molar-refractivity contribution is 5.85. The minimum Gasteiger partial charge on any atom is -0.392 e. The van der Waals surface area contributed by atoms with Crippen LogP contribution in [0.3, 0.4) is 0 Å². The van der Waals surface area contributed by atoms with Crippen molar-refractivity contribution >= 4 is 10.9 Å². The molecule has 1 fully saturated rings. The SMILES string of the molecule is OCc1ccc2[nH]c3c(c2c1)CCN1CCCC3C1. The first kappa shape index (κ1) is 11.5. The van der Waals surface area contributed by atoms with Crippen LogP contribution in [-0.2, 0) is 13.0 Å². The number of rotatable bonds is 1. The first-order valence-corrected chi connectivity index (χ1v) is 7.32. The molecular weight excluding hydrogens is 236 g/mol. The highest BCUT2D eigenvalue weighted by Gasteiger charge is 2.28. The number of aliphatic hydroxyl groups is 1. The summed E-state index contributed by atoms with van der Waals surface area (Å²) in [7, 11) is 0. The van der Waals surface area contributed by atoms with E-state index in [4.69, 9.17) is 0 Å².